The molecule has 0 radical (unpaired) electrons. The lowest BCUT2D eigenvalue weighted by Gasteiger charge is -2.27. The van der Waals surface area contributed by atoms with Crippen LogP contribution < -0.4 is 54.8 Å². The molecule has 272 valence electrons. The van der Waals surface area contributed by atoms with Crippen molar-refractivity contribution in [3.05, 3.63) is 39.9 Å². The highest BCUT2D eigenvalue weighted by atomic mass is 16.6. The number of primary amides is 1. The molecule has 20 heteroatoms. The fourth-order valence-electron chi connectivity index (χ4n) is 4.58. The minimum Gasteiger partial charge on any atom is -0.370 e. The minimum atomic E-state index is -1.20. The molecule has 0 bridgehead atoms. The molecule has 0 aliphatic rings. The van der Waals surface area contributed by atoms with E-state index in [9.17, 15) is 34.1 Å². The van der Waals surface area contributed by atoms with E-state index in [1.165, 1.54) is 24.3 Å². The van der Waals surface area contributed by atoms with Gasteiger partial charge in [-0.2, -0.15) is 0 Å². The van der Waals surface area contributed by atoms with E-state index in [0.29, 0.717) is 12.0 Å². The van der Waals surface area contributed by atoms with Crippen LogP contribution in [0.3, 0.4) is 0 Å². The van der Waals surface area contributed by atoms with E-state index in [4.69, 9.17) is 33.8 Å². The van der Waals surface area contributed by atoms with Gasteiger partial charge >= 0.3 is 0 Å². The van der Waals surface area contributed by atoms with Gasteiger partial charge < -0.3 is 54.8 Å². The van der Waals surface area contributed by atoms with E-state index in [-0.39, 0.29) is 68.7 Å². The van der Waals surface area contributed by atoms with Crippen molar-refractivity contribution >= 4 is 47.1 Å². The highest BCUT2D eigenvalue weighted by Crippen LogP contribution is 2.14. The number of carbonyl (C=O) groups is 5. The molecule has 49 heavy (non-hydrogen) atoms. The van der Waals surface area contributed by atoms with Crippen molar-refractivity contribution in [2.24, 2.45) is 28.9 Å². The Labute approximate surface area is 283 Å². The van der Waals surface area contributed by atoms with Gasteiger partial charge in [-0.1, -0.05) is 26.0 Å². The molecule has 20 nitrogen and oxygen atoms in total. The van der Waals surface area contributed by atoms with Crippen LogP contribution in [0, 0.1) is 26.9 Å². The number of nitrogens with two attached hydrogens (primary N) is 4. The number of nitrogens with zero attached hydrogens (tertiary/aromatic N) is 1. The summed E-state index contributed by atoms with van der Waals surface area (Å²) >= 11 is 0. The van der Waals surface area contributed by atoms with Crippen molar-refractivity contribution in [3.63, 3.8) is 0 Å². The lowest BCUT2D eigenvalue weighted by Crippen LogP contribution is -2.58. The highest BCUT2D eigenvalue weighted by molar-refractivity contribution is 5.95. The van der Waals surface area contributed by atoms with Gasteiger partial charge in [0.2, 0.25) is 29.5 Å². The van der Waals surface area contributed by atoms with Crippen molar-refractivity contribution in [1.29, 1.82) is 10.8 Å². The maximum Gasteiger partial charge on any atom is 0.269 e. The number of nitrogens with one attached hydrogen (secondary N) is 8. The molecule has 1 aromatic carbocycles. The molecule has 1 aromatic rings. The van der Waals surface area contributed by atoms with Gasteiger partial charge in [-0.15, -0.1) is 0 Å². The van der Waals surface area contributed by atoms with Crippen LogP contribution in [0.5, 0.6) is 0 Å². The fraction of sp³-hybridized carbons (Fsp3) is 0.552. The highest BCUT2D eigenvalue weighted by Gasteiger charge is 2.31. The van der Waals surface area contributed by atoms with Gasteiger partial charge in [-0.05, 0) is 43.6 Å². The summed E-state index contributed by atoms with van der Waals surface area (Å²) < 4.78 is 0. The Morgan fingerprint density at radius 1 is 0.755 bits per heavy atom. The Hall–Kier alpha value is -5.53. The Kier molecular flexibility index (Phi) is 18.1. The molecule has 1 rings (SSSR count). The average Bonchev–Trinajstić information content (AvgIpc) is 3.02. The minimum absolute atomic E-state index is 0.0485. The third kappa shape index (κ3) is 16.7. The van der Waals surface area contributed by atoms with E-state index in [1.807, 2.05) is 13.8 Å². The monoisotopic (exact) mass is 691 g/mol. The van der Waals surface area contributed by atoms with Crippen LogP contribution in [-0.4, -0.2) is 90.2 Å². The smallest absolute Gasteiger partial charge is 0.269 e. The standard InChI is InChI=1S/C29H49N13O7/c1-16(2)13-21(41-27(47)22(38-23(43)15-30)14-17-7-9-18(10-8-17)42(48)49)26(46)40-20(6-4-12-37-29(34)35)25(45)39-19(24(31)44)5-3-11-36-28(32)33/h7-10,16,19-22H,3-6,11-15,30H2,1-2H3,(H2,31,44)(H,38,43)(H,39,45)(H,40,46)(H,41,47)(H4,32,33,36)(H4,34,35,37)/t19-,20-,21+,22+/m1/s1. The lowest BCUT2D eigenvalue weighted by atomic mass is 10.00. The van der Waals surface area contributed by atoms with Gasteiger partial charge in [0, 0.05) is 31.6 Å². The van der Waals surface area contributed by atoms with Gasteiger partial charge in [-0.25, -0.2) is 0 Å². The summed E-state index contributed by atoms with van der Waals surface area (Å²) in [4.78, 5) is 75.3. The molecule has 5 amide bonds. The van der Waals surface area contributed by atoms with E-state index in [0.717, 1.165) is 0 Å². The van der Waals surface area contributed by atoms with Crippen LogP contribution in [0.15, 0.2) is 24.3 Å². The predicted octanol–water partition coefficient (Wildman–Crippen LogP) is -2.91. The van der Waals surface area contributed by atoms with Gasteiger partial charge in [0.1, 0.15) is 24.2 Å². The van der Waals surface area contributed by atoms with E-state index in [1.54, 1.807) is 0 Å². The van der Waals surface area contributed by atoms with Crippen molar-refractivity contribution in [3.8, 4) is 0 Å². The molecular formula is C29H49N13O7. The van der Waals surface area contributed by atoms with Crippen molar-refractivity contribution < 1.29 is 28.9 Å². The molecule has 0 aromatic heterocycles. The van der Waals surface area contributed by atoms with Gasteiger partial charge in [-0.3, -0.25) is 44.9 Å². The first-order valence-electron chi connectivity index (χ1n) is 15.6. The average molecular weight is 692 g/mol. The summed E-state index contributed by atoms with van der Waals surface area (Å²) in [7, 11) is 0. The molecule has 0 unspecified atom stereocenters. The molecule has 0 spiro atoms. The van der Waals surface area contributed by atoms with Crippen LogP contribution in [-0.2, 0) is 30.4 Å². The lowest BCUT2D eigenvalue weighted by molar-refractivity contribution is -0.384. The number of carbonyl (C=O) groups excluding carboxylic acids is 5. The molecule has 0 heterocycles. The number of hydrogen-bond donors (Lipinski definition) is 12. The van der Waals surface area contributed by atoms with Gasteiger partial charge in [0.15, 0.2) is 11.9 Å². The summed E-state index contributed by atoms with van der Waals surface area (Å²) in [5.41, 5.74) is 21.9. The molecule has 0 saturated heterocycles. The number of amides is 5. The quantitative estimate of drug-likeness (QED) is 0.0191. The topological polar surface area (TPSA) is 352 Å². The van der Waals surface area contributed by atoms with Gasteiger partial charge in [0.25, 0.3) is 5.69 Å². The Morgan fingerprint density at radius 2 is 1.22 bits per heavy atom. The Morgan fingerprint density at radius 3 is 1.69 bits per heavy atom. The Balaban J connectivity index is 3.21. The molecule has 16 N–H and O–H groups in total. The summed E-state index contributed by atoms with van der Waals surface area (Å²) in [6, 6.07) is 0.720. The van der Waals surface area contributed by atoms with Crippen LogP contribution in [0.25, 0.3) is 0 Å². The molecule has 0 aliphatic carbocycles. The van der Waals surface area contributed by atoms with E-state index >= 15 is 0 Å². The van der Waals surface area contributed by atoms with Crippen LogP contribution in [0.4, 0.5) is 5.69 Å². The summed E-state index contributed by atoms with van der Waals surface area (Å²) in [5.74, 6) is -4.31. The number of rotatable bonds is 22. The van der Waals surface area contributed by atoms with Gasteiger partial charge in [0.05, 0.1) is 11.5 Å². The molecule has 4 atom stereocenters. The number of non-ortho nitro benzene ring substituents is 1. The van der Waals surface area contributed by atoms with Crippen molar-refractivity contribution in [1.82, 2.24) is 31.9 Å². The molecule has 0 saturated carbocycles. The Bertz CT molecular complexity index is 1320. The van der Waals surface area contributed by atoms with Crippen LogP contribution in [0.2, 0.25) is 0 Å². The summed E-state index contributed by atoms with van der Waals surface area (Å²) in [5, 5.41) is 41.1. The normalized spacial score (nSPS) is 13.1. The third-order valence-electron chi connectivity index (χ3n) is 7.03. The second-order valence-corrected chi connectivity index (χ2v) is 11.6. The van der Waals surface area contributed by atoms with Crippen molar-refractivity contribution in [2.75, 3.05) is 19.6 Å². The zero-order chi connectivity index (χ0) is 37.1. The predicted molar refractivity (Wildman–Crippen MR) is 181 cm³/mol. The number of nitro benzene ring substituents is 1. The summed E-state index contributed by atoms with van der Waals surface area (Å²) in [6.07, 6.45) is 0.830. The number of hydrogen-bond acceptors (Lipinski definition) is 10. The number of guanidine groups is 2. The summed E-state index contributed by atoms with van der Waals surface area (Å²) in [6.45, 7) is 3.65. The first-order valence-corrected chi connectivity index (χ1v) is 15.6. The largest absolute Gasteiger partial charge is 0.370 e. The molecule has 0 fully saturated rings. The van der Waals surface area contributed by atoms with Crippen LogP contribution in [0.1, 0.15) is 51.5 Å². The second-order valence-electron chi connectivity index (χ2n) is 11.6. The fourth-order valence-corrected chi connectivity index (χ4v) is 4.58. The third-order valence-corrected chi connectivity index (χ3v) is 7.03. The van der Waals surface area contributed by atoms with E-state index < -0.39 is 65.2 Å². The number of benzene rings is 1. The zero-order valence-corrected chi connectivity index (χ0v) is 27.7. The SMILES string of the molecule is CC(C)C[C@H](NC(=O)[C@H](Cc1ccc([N+](=O)[O-])cc1)NC(=O)CN)C(=O)N[C@H](CCCNC(=N)N)C(=O)N[C@H](CCCNC(=N)N)C(N)=O. The second kappa shape index (κ2) is 21.4. The van der Waals surface area contributed by atoms with Crippen LogP contribution >= 0.6 is 0 Å². The first kappa shape index (κ1) is 41.5. The van der Waals surface area contributed by atoms with Crippen molar-refractivity contribution in [2.45, 2.75) is 76.5 Å². The van der Waals surface area contributed by atoms with E-state index in [2.05, 4.69) is 31.9 Å². The first-order chi connectivity index (χ1) is 23.0. The number of nitro groups is 1. The maximum absolute atomic E-state index is 13.6. The maximum atomic E-state index is 13.6. The molecular weight excluding hydrogens is 642 g/mol. The zero-order valence-electron chi connectivity index (χ0n) is 27.7. The molecule has 0 aliphatic heterocycles.